The van der Waals surface area contributed by atoms with Crippen molar-refractivity contribution >= 4 is 5.82 Å². The lowest BCUT2D eigenvalue weighted by Crippen LogP contribution is -2.24. The zero-order valence-corrected chi connectivity index (χ0v) is 10.9. The van der Waals surface area contributed by atoms with Gasteiger partial charge in [0, 0.05) is 32.9 Å². The van der Waals surface area contributed by atoms with Crippen LogP contribution in [0.3, 0.4) is 0 Å². The van der Waals surface area contributed by atoms with Crippen molar-refractivity contribution < 1.29 is 4.74 Å². The molecule has 1 aromatic rings. The van der Waals surface area contributed by atoms with Crippen LogP contribution >= 0.6 is 0 Å². The predicted octanol–water partition coefficient (Wildman–Crippen LogP) is 1.06. The van der Waals surface area contributed by atoms with Gasteiger partial charge in [-0.2, -0.15) is 0 Å². The Hall–Kier alpha value is -1.20. The minimum absolute atomic E-state index is 0.714. The Labute approximate surface area is 103 Å². The molecule has 5 nitrogen and oxygen atoms in total. The molecule has 5 heteroatoms. The minimum atomic E-state index is 0.714. The first-order chi connectivity index (χ1) is 8.27. The SMILES string of the molecule is CCNCc1cncc(N(C)CCOCC)n1. The van der Waals surface area contributed by atoms with E-state index in [1.807, 2.05) is 14.0 Å². The van der Waals surface area contributed by atoms with E-state index in [0.717, 1.165) is 37.8 Å². The van der Waals surface area contributed by atoms with Gasteiger partial charge in [-0.25, -0.2) is 4.98 Å². The van der Waals surface area contributed by atoms with E-state index in [0.29, 0.717) is 6.61 Å². The van der Waals surface area contributed by atoms with Crippen molar-refractivity contribution in [3.8, 4) is 0 Å². The molecule has 0 saturated heterocycles. The second-order valence-electron chi connectivity index (χ2n) is 3.77. The maximum Gasteiger partial charge on any atom is 0.147 e. The molecule has 0 aliphatic carbocycles. The van der Waals surface area contributed by atoms with Gasteiger partial charge in [0.1, 0.15) is 5.82 Å². The largest absolute Gasteiger partial charge is 0.380 e. The van der Waals surface area contributed by atoms with Gasteiger partial charge in [0.15, 0.2) is 0 Å². The molecule has 0 bridgehead atoms. The van der Waals surface area contributed by atoms with Gasteiger partial charge in [0.05, 0.1) is 18.5 Å². The summed E-state index contributed by atoms with van der Waals surface area (Å²) in [5.41, 5.74) is 0.965. The minimum Gasteiger partial charge on any atom is -0.380 e. The monoisotopic (exact) mass is 238 g/mol. The van der Waals surface area contributed by atoms with E-state index >= 15 is 0 Å². The summed E-state index contributed by atoms with van der Waals surface area (Å²) < 4.78 is 5.32. The maximum absolute atomic E-state index is 5.32. The average molecular weight is 238 g/mol. The molecule has 1 heterocycles. The van der Waals surface area contributed by atoms with Crippen molar-refractivity contribution in [1.82, 2.24) is 15.3 Å². The molecule has 1 aromatic heterocycles. The molecule has 0 aliphatic rings. The molecule has 0 atom stereocenters. The van der Waals surface area contributed by atoms with E-state index in [9.17, 15) is 0 Å². The van der Waals surface area contributed by atoms with Gasteiger partial charge >= 0.3 is 0 Å². The number of anilines is 1. The first-order valence-electron chi connectivity index (χ1n) is 6.08. The van der Waals surface area contributed by atoms with Crippen molar-refractivity contribution in [2.24, 2.45) is 0 Å². The molecule has 0 aromatic carbocycles. The number of aromatic nitrogens is 2. The second kappa shape index (κ2) is 7.97. The number of rotatable bonds is 8. The number of hydrogen-bond acceptors (Lipinski definition) is 5. The third kappa shape index (κ3) is 5.10. The number of likely N-dealkylation sites (N-methyl/N-ethyl adjacent to an activating group) is 1. The van der Waals surface area contributed by atoms with E-state index in [-0.39, 0.29) is 0 Å². The van der Waals surface area contributed by atoms with Crippen LogP contribution in [0.15, 0.2) is 12.4 Å². The van der Waals surface area contributed by atoms with Crippen molar-refractivity contribution in [2.45, 2.75) is 20.4 Å². The zero-order valence-electron chi connectivity index (χ0n) is 10.9. The molecule has 96 valence electrons. The Bertz CT molecular complexity index is 319. The van der Waals surface area contributed by atoms with Crippen molar-refractivity contribution in [1.29, 1.82) is 0 Å². The molecule has 0 amide bonds. The highest BCUT2D eigenvalue weighted by Crippen LogP contribution is 2.07. The summed E-state index contributed by atoms with van der Waals surface area (Å²) in [6, 6.07) is 0. The van der Waals surface area contributed by atoms with Crippen molar-refractivity contribution in [3.63, 3.8) is 0 Å². The van der Waals surface area contributed by atoms with Crippen LogP contribution < -0.4 is 10.2 Å². The Morgan fingerprint density at radius 1 is 1.35 bits per heavy atom. The molecule has 0 radical (unpaired) electrons. The summed E-state index contributed by atoms with van der Waals surface area (Å²) in [4.78, 5) is 10.8. The van der Waals surface area contributed by atoms with E-state index < -0.39 is 0 Å². The summed E-state index contributed by atoms with van der Waals surface area (Å²) in [6.45, 7) is 8.06. The fourth-order valence-corrected chi connectivity index (χ4v) is 1.38. The van der Waals surface area contributed by atoms with Crippen LogP contribution in [0.2, 0.25) is 0 Å². The van der Waals surface area contributed by atoms with Crippen LogP contribution in [0.25, 0.3) is 0 Å². The van der Waals surface area contributed by atoms with Gasteiger partial charge in [-0.3, -0.25) is 4.98 Å². The molecule has 0 unspecified atom stereocenters. The quantitative estimate of drug-likeness (QED) is 0.686. The fourth-order valence-electron chi connectivity index (χ4n) is 1.38. The number of nitrogens with one attached hydrogen (secondary N) is 1. The maximum atomic E-state index is 5.32. The Morgan fingerprint density at radius 2 is 2.18 bits per heavy atom. The third-order valence-corrected chi connectivity index (χ3v) is 2.39. The first-order valence-corrected chi connectivity index (χ1v) is 6.08. The van der Waals surface area contributed by atoms with E-state index in [2.05, 4.69) is 27.1 Å². The molecule has 0 saturated carbocycles. The summed E-state index contributed by atoms with van der Waals surface area (Å²) in [5, 5.41) is 3.24. The van der Waals surface area contributed by atoms with Crippen molar-refractivity contribution in [2.75, 3.05) is 38.3 Å². The summed E-state index contributed by atoms with van der Waals surface area (Å²) in [7, 11) is 2.00. The number of nitrogens with zero attached hydrogens (tertiary/aromatic N) is 3. The van der Waals surface area contributed by atoms with Gasteiger partial charge in [-0.1, -0.05) is 6.92 Å². The highest BCUT2D eigenvalue weighted by molar-refractivity contribution is 5.34. The molecular formula is C12H22N4O. The van der Waals surface area contributed by atoms with Crippen LogP contribution in [0.1, 0.15) is 19.5 Å². The summed E-state index contributed by atoms with van der Waals surface area (Å²) >= 11 is 0. The topological polar surface area (TPSA) is 50.3 Å². The van der Waals surface area contributed by atoms with Crippen molar-refractivity contribution in [3.05, 3.63) is 18.1 Å². The highest BCUT2D eigenvalue weighted by Gasteiger charge is 2.04. The molecule has 17 heavy (non-hydrogen) atoms. The standard InChI is InChI=1S/C12H22N4O/c1-4-13-8-11-9-14-10-12(15-11)16(3)6-7-17-5-2/h9-10,13H,4-8H2,1-3H3. The molecular weight excluding hydrogens is 216 g/mol. The van der Waals surface area contributed by atoms with Crippen LogP contribution in [-0.2, 0) is 11.3 Å². The van der Waals surface area contributed by atoms with Gasteiger partial charge in [0.2, 0.25) is 0 Å². The Morgan fingerprint density at radius 3 is 2.88 bits per heavy atom. The fraction of sp³-hybridized carbons (Fsp3) is 0.667. The lowest BCUT2D eigenvalue weighted by Gasteiger charge is -2.18. The summed E-state index contributed by atoms with van der Waals surface area (Å²) in [5.74, 6) is 0.889. The summed E-state index contributed by atoms with van der Waals surface area (Å²) in [6.07, 6.45) is 3.57. The molecule has 1 N–H and O–H groups in total. The molecule has 0 aliphatic heterocycles. The van der Waals surface area contributed by atoms with E-state index in [1.54, 1.807) is 12.4 Å². The van der Waals surface area contributed by atoms with Crippen LogP contribution in [0, 0.1) is 0 Å². The third-order valence-electron chi connectivity index (χ3n) is 2.39. The molecule has 0 fully saturated rings. The number of ether oxygens (including phenoxy) is 1. The van der Waals surface area contributed by atoms with E-state index in [1.165, 1.54) is 0 Å². The zero-order chi connectivity index (χ0) is 12.5. The average Bonchev–Trinajstić information content (AvgIpc) is 2.37. The lowest BCUT2D eigenvalue weighted by atomic mass is 10.4. The highest BCUT2D eigenvalue weighted by atomic mass is 16.5. The van der Waals surface area contributed by atoms with E-state index in [4.69, 9.17) is 4.74 Å². The number of hydrogen-bond donors (Lipinski definition) is 1. The Kier molecular flexibility index (Phi) is 6.50. The van der Waals surface area contributed by atoms with Crippen LogP contribution in [-0.4, -0.2) is 43.3 Å². The molecule has 1 rings (SSSR count). The molecule has 0 spiro atoms. The Balaban J connectivity index is 2.51. The van der Waals surface area contributed by atoms with Gasteiger partial charge < -0.3 is 15.0 Å². The van der Waals surface area contributed by atoms with Gasteiger partial charge in [-0.05, 0) is 13.5 Å². The predicted molar refractivity (Wildman–Crippen MR) is 69.2 cm³/mol. The van der Waals surface area contributed by atoms with Gasteiger partial charge in [0.25, 0.3) is 0 Å². The normalized spacial score (nSPS) is 10.5. The van der Waals surface area contributed by atoms with Gasteiger partial charge in [-0.15, -0.1) is 0 Å². The van der Waals surface area contributed by atoms with Crippen LogP contribution in [0.5, 0.6) is 0 Å². The second-order valence-corrected chi connectivity index (χ2v) is 3.77. The van der Waals surface area contributed by atoms with Crippen LogP contribution in [0.4, 0.5) is 5.82 Å². The smallest absolute Gasteiger partial charge is 0.147 e. The first kappa shape index (κ1) is 13.9. The lowest BCUT2D eigenvalue weighted by molar-refractivity contribution is 0.154.